The van der Waals surface area contributed by atoms with Crippen LogP contribution in [-0.2, 0) is 23.0 Å². The highest BCUT2D eigenvalue weighted by atomic mass is 32.2. The quantitative estimate of drug-likeness (QED) is 0.369. The SMILES string of the molecule is COc1ccc(CCN/C=C2/C(=O)c3sccc3N(Cc3cccc(F)c3)S2(=O)=O)cc1OC. The van der Waals surface area contributed by atoms with Crippen LogP contribution in [0.25, 0.3) is 0 Å². The average Bonchev–Trinajstić information content (AvgIpc) is 3.31. The predicted octanol–water partition coefficient (Wildman–Crippen LogP) is 4.11. The summed E-state index contributed by atoms with van der Waals surface area (Å²) < 4.78 is 52.1. The second kappa shape index (κ2) is 9.86. The van der Waals surface area contributed by atoms with Gasteiger partial charge in [0, 0.05) is 12.7 Å². The maximum absolute atomic E-state index is 13.7. The van der Waals surface area contributed by atoms with Crippen molar-refractivity contribution in [3.63, 3.8) is 0 Å². The fourth-order valence-electron chi connectivity index (χ4n) is 3.67. The molecule has 1 aromatic heterocycles. The zero-order chi connectivity index (χ0) is 24.3. The van der Waals surface area contributed by atoms with E-state index in [1.165, 1.54) is 35.7 Å². The molecule has 0 saturated carbocycles. The molecule has 0 bridgehead atoms. The van der Waals surface area contributed by atoms with Crippen LogP contribution in [0.1, 0.15) is 20.8 Å². The number of sulfonamides is 1. The Kier molecular flexibility index (Phi) is 6.90. The molecule has 178 valence electrons. The number of thiophene rings is 1. The van der Waals surface area contributed by atoms with Crippen LogP contribution in [0.2, 0.25) is 0 Å². The van der Waals surface area contributed by atoms with Crippen molar-refractivity contribution < 1.29 is 27.1 Å². The molecule has 34 heavy (non-hydrogen) atoms. The summed E-state index contributed by atoms with van der Waals surface area (Å²) in [5.41, 5.74) is 1.74. The van der Waals surface area contributed by atoms with Crippen molar-refractivity contribution in [1.82, 2.24) is 5.32 Å². The average molecular weight is 503 g/mol. The molecule has 10 heteroatoms. The van der Waals surface area contributed by atoms with Gasteiger partial charge in [-0.05, 0) is 53.3 Å². The molecule has 1 aliphatic heterocycles. The van der Waals surface area contributed by atoms with Gasteiger partial charge in [-0.25, -0.2) is 12.8 Å². The molecule has 1 aliphatic rings. The second-order valence-corrected chi connectivity index (χ2v) is 10.3. The summed E-state index contributed by atoms with van der Waals surface area (Å²) in [4.78, 5) is 13.0. The Morgan fingerprint density at radius 1 is 1.06 bits per heavy atom. The van der Waals surface area contributed by atoms with Crippen molar-refractivity contribution in [3.05, 3.63) is 86.8 Å². The van der Waals surface area contributed by atoms with E-state index in [0.717, 1.165) is 9.87 Å². The van der Waals surface area contributed by atoms with Crippen LogP contribution in [0.15, 0.2) is 65.0 Å². The summed E-state index contributed by atoms with van der Waals surface area (Å²) in [5.74, 6) is 0.201. The van der Waals surface area contributed by atoms with Crippen molar-refractivity contribution >= 4 is 32.8 Å². The topological polar surface area (TPSA) is 84.9 Å². The Bertz CT molecular complexity index is 1350. The smallest absolute Gasteiger partial charge is 0.270 e. The number of fused-ring (bicyclic) bond motifs is 1. The number of carbonyl (C=O) groups excluding carboxylic acids is 1. The zero-order valence-electron chi connectivity index (χ0n) is 18.6. The van der Waals surface area contributed by atoms with Gasteiger partial charge in [0.1, 0.15) is 10.7 Å². The summed E-state index contributed by atoms with van der Waals surface area (Å²) in [5, 5.41) is 4.63. The first kappa shape index (κ1) is 23.8. The van der Waals surface area contributed by atoms with Crippen molar-refractivity contribution in [2.75, 3.05) is 25.1 Å². The number of methoxy groups -OCH3 is 2. The van der Waals surface area contributed by atoms with E-state index in [4.69, 9.17) is 9.47 Å². The van der Waals surface area contributed by atoms with E-state index in [1.807, 2.05) is 12.1 Å². The Morgan fingerprint density at radius 2 is 1.85 bits per heavy atom. The number of allylic oxidation sites excluding steroid dienone is 1. The molecule has 0 fully saturated rings. The van der Waals surface area contributed by atoms with Crippen molar-refractivity contribution in [3.8, 4) is 11.5 Å². The number of halogens is 1. The van der Waals surface area contributed by atoms with E-state index in [1.54, 1.807) is 37.8 Å². The minimum Gasteiger partial charge on any atom is -0.493 e. The first-order valence-corrected chi connectivity index (χ1v) is 12.7. The third-order valence-electron chi connectivity index (χ3n) is 5.37. The minimum atomic E-state index is -4.14. The first-order chi connectivity index (χ1) is 16.3. The van der Waals surface area contributed by atoms with Crippen LogP contribution in [0.5, 0.6) is 11.5 Å². The van der Waals surface area contributed by atoms with Crippen molar-refractivity contribution in [2.45, 2.75) is 13.0 Å². The van der Waals surface area contributed by atoms with E-state index in [2.05, 4.69) is 5.32 Å². The van der Waals surface area contributed by atoms with Gasteiger partial charge in [0.2, 0.25) is 5.78 Å². The zero-order valence-corrected chi connectivity index (χ0v) is 20.2. The summed E-state index contributed by atoms with van der Waals surface area (Å²) >= 11 is 1.17. The van der Waals surface area contributed by atoms with Gasteiger partial charge in [-0.2, -0.15) is 0 Å². The fraction of sp³-hybridized carbons (Fsp3) is 0.208. The lowest BCUT2D eigenvalue weighted by atomic mass is 10.1. The predicted molar refractivity (Wildman–Crippen MR) is 129 cm³/mol. The molecule has 7 nitrogen and oxygen atoms in total. The number of benzene rings is 2. The number of Topliss-reactive ketones (excluding diaryl/α,β-unsaturated/α-hetero) is 1. The van der Waals surface area contributed by atoms with Crippen LogP contribution < -0.4 is 19.1 Å². The number of hydrogen-bond donors (Lipinski definition) is 1. The Morgan fingerprint density at radius 3 is 2.59 bits per heavy atom. The Balaban J connectivity index is 1.55. The van der Waals surface area contributed by atoms with Gasteiger partial charge in [0.15, 0.2) is 16.4 Å². The molecule has 0 spiro atoms. The number of nitrogens with one attached hydrogen (secondary N) is 1. The second-order valence-electron chi connectivity index (χ2n) is 7.51. The van der Waals surface area contributed by atoms with Crippen LogP contribution in [0, 0.1) is 5.82 Å². The lowest BCUT2D eigenvalue weighted by Gasteiger charge is -2.29. The number of rotatable bonds is 8. The first-order valence-electron chi connectivity index (χ1n) is 10.4. The molecule has 0 saturated heterocycles. The van der Waals surface area contributed by atoms with Gasteiger partial charge in [-0.3, -0.25) is 9.10 Å². The highest BCUT2D eigenvalue weighted by Gasteiger charge is 2.41. The standard InChI is InChI=1S/C24H23FN2O5S2/c1-31-20-7-6-16(13-21(20)32-2)8-10-26-14-22-23(28)24-19(9-11-33-24)27(34(22,29)30)15-17-4-3-5-18(25)12-17/h3-7,9,11-14,26H,8,10,15H2,1-2H3/b22-14-. The van der Waals surface area contributed by atoms with E-state index < -0.39 is 21.6 Å². The van der Waals surface area contributed by atoms with E-state index in [0.29, 0.717) is 40.6 Å². The normalized spacial score (nSPS) is 15.8. The van der Waals surface area contributed by atoms with Gasteiger partial charge in [-0.15, -0.1) is 11.3 Å². The van der Waals surface area contributed by atoms with Crippen LogP contribution >= 0.6 is 11.3 Å². The highest BCUT2D eigenvalue weighted by molar-refractivity contribution is 7.97. The fourth-order valence-corrected chi connectivity index (χ4v) is 6.18. The molecule has 0 radical (unpaired) electrons. The molecule has 1 N–H and O–H groups in total. The number of anilines is 1. The van der Waals surface area contributed by atoms with Gasteiger partial charge in [0.05, 0.1) is 26.5 Å². The maximum Gasteiger partial charge on any atom is 0.270 e. The third kappa shape index (κ3) is 4.64. The summed E-state index contributed by atoms with van der Waals surface area (Å²) in [7, 11) is -1.03. The lowest BCUT2D eigenvalue weighted by molar-refractivity contribution is 0.104. The van der Waals surface area contributed by atoms with Gasteiger partial charge >= 0.3 is 0 Å². The molecular weight excluding hydrogens is 479 g/mol. The van der Waals surface area contributed by atoms with Crippen LogP contribution in [0.4, 0.5) is 10.1 Å². The summed E-state index contributed by atoms with van der Waals surface area (Å²) in [6.45, 7) is 0.309. The number of carbonyl (C=O) groups is 1. The number of nitrogens with zero attached hydrogens (tertiary/aromatic N) is 1. The molecule has 0 atom stereocenters. The third-order valence-corrected chi connectivity index (χ3v) is 8.03. The molecule has 0 unspecified atom stereocenters. The molecule has 0 aliphatic carbocycles. The lowest BCUT2D eigenvalue weighted by Crippen LogP contribution is -2.38. The van der Waals surface area contributed by atoms with E-state index in [9.17, 15) is 17.6 Å². The Hall–Kier alpha value is -3.37. The largest absolute Gasteiger partial charge is 0.493 e. The van der Waals surface area contributed by atoms with E-state index >= 15 is 0 Å². The Labute approximate surface area is 201 Å². The summed E-state index contributed by atoms with van der Waals surface area (Å²) in [6, 6.07) is 12.9. The van der Waals surface area contributed by atoms with Gasteiger partial charge in [0.25, 0.3) is 10.0 Å². The molecular formula is C24H23FN2O5S2. The molecule has 3 aromatic rings. The minimum absolute atomic E-state index is 0.0832. The molecule has 2 aromatic carbocycles. The van der Waals surface area contributed by atoms with Crippen LogP contribution in [0.3, 0.4) is 0 Å². The van der Waals surface area contributed by atoms with Crippen molar-refractivity contribution in [1.29, 1.82) is 0 Å². The molecule has 4 rings (SSSR count). The van der Waals surface area contributed by atoms with Gasteiger partial charge < -0.3 is 14.8 Å². The van der Waals surface area contributed by atoms with Crippen molar-refractivity contribution in [2.24, 2.45) is 0 Å². The highest BCUT2D eigenvalue weighted by Crippen LogP contribution is 2.39. The monoisotopic (exact) mass is 502 g/mol. The number of hydrogen-bond acceptors (Lipinski definition) is 7. The molecule has 0 amide bonds. The number of ketones is 1. The van der Waals surface area contributed by atoms with Gasteiger partial charge in [-0.1, -0.05) is 18.2 Å². The van der Waals surface area contributed by atoms with Crippen LogP contribution in [-0.4, -0.2) is 35.0 Å². The van der Waals surface area contributed by atoms with E-state index in [-0.39, 0.29) is 11.4 Å². The summed E-state index contributed by atoms with van der Waals surface area (Å²) in [6.07, 6.45) is 1.81. The maximum atomic E-state index is 13.7. The number of ether oxygens (including phenoxy) is 2. The molecule has 2 heterocycles.